The summed E-state index contributed by atoms with van der Waals surface area (Å²) in [5, 5.41) is 0.602. The van der Waals surface area contributed by atoms with E-state index in [9.17, 15) is 9.59 Å². The molecule has 4 N–H and O–H groups in total. The standard InChI is InChI=1S/C7H6ClNO.C7H7NO/c8-6-3-1-5(2-4-6)7(9)10;8-7(9)6-4-2-1-3-5-6/h1-4H,(H2,9,10);1-5H,(H2,8,9). The number of carbonyl (C=O) groups excluding carboxylic acids is 2. The third-order valence-corrected chi connectivity index (χ3v) is 2.44. The number of halogens is 1. The summed E-state index contributed by atoms with van der Waals surface area (Å²) < 4.78 is 0. The molecule has 19 heavy (non-hydrogen) atoms. The van der Waals surface area contributed by atoms with Crippen LogP contribution in [0.2, 0.25) is 5.02 Å². The number of benzene rings is 2. The number of hydrogen-bond acceptors (Lipinski definition) is 2. The lowest BCUT2D eigenvalue weighted by Crippen LogP contribution is -2.10. The van der Waals surface area contributed by atoms with Crippen LogP contribution in [0.5, 0.6) is 0 Å². The molecule has 0 unspecified atom stereocenters. The summed E-state index contributed by atoms with van der Waals surface area (Å²) in [7, 11) is 0. The lowest BCUT2D eigenvalue weighted by Gasteiger charge is -1.92. The van der Waals surface area contributed by atoms with Crippen molar-refractivity contribution in [3.8, 4) is 0 Å². The maximum Gasteiger partial charge on any atom is 0.248 e. The van der Waals surface area contributed by atoms with Gasteiger partial charge in [-0.05, 0) is 36.4 Å². The van der Waals surface area contributed by atoms with E-state index in [-0.39, 0.29) is 5.91 Å². The van der Waals surface area contributed by atoms with Crippen molar-refractivity contribution in [3.63, 3.8) is 0 Å². The van der Waals surface area contributed by atoms with Crippen molar-refractivity contribution < 1.29 is 9.59 Å². The van der Waals surface area contributed by atoms with E-state index in [2.05, 4.69) is 0 Å². The zero-order valence-electron chi connectivity index (χ0n) is 10.0. The van der Waals surface area contributed by atoms with E-state index in [0.29, 0.717) is 16.1 Å². The van der Waals surface area contributed by atoms with E-state index < -0.39 is 5.91 Å². The Morgan fingerprint density at radius 2 is 1.16 bits per heavy atom. The highest BCUT2D eigenvalue weighted by atomic mass is 35.5. The molecule has 2 rings (SSSR count). The molecule has 0 heterocycles. The van der Waals surface area contributed by atoms with Crippen molar-refractivity contribution >= 4 is 23.4 Å². The summed E-state index contributed by atoms with van der Waals surface area (Å²) in [4.78, 5) is 20.9. The summed E-state index contributed by atoms with van der Waals surface area (Å²) in [6.07, 6.45) is 0. The maximum absolute atomic E-state index is 10.5. The first kappa shape index (κ1) is 14.7. The van der Waals surface area contributed by atoms with Crippen LogP contribution in [0.25, 0.3) is 0 Å². The molecule has 98 valence electrons. The highest BCUT2D eigenvalue weighted by Crippen LogP contribution is 2.08. The second-order valence-electron chi connectivity index (χ2n) is 3.60. The zero-order valence-corrected chi connectivity index (χ0v) is 10.8. The number of primary amides is 2. The molecular formula is C14H13ClN2O2. The molecule has 0 aliphatic heterocycles. The Morgan fingerprint density at radius 3 is 1.53 bits per heavy atom. The predicted octanol–water partition coefficient (Wildman–Crippen LogP) is 2.22. The van der Waals surface area contributed by atoms with Crippen molar-refractivity contribution in [2.24, 2.45) is 11.5 Å². The summed E-state index contributed by atoms with van der Waals surface area (Å²) in [5.74, 6) is -0.813. The van der Waals surface area contributed by atoms with Gasteiger partial charge in [0.1, 0.15) is 0 Å². The van der Waals surface area contributed by atoms with Gasteiger partial charge in [0.25, 0.3) is 0 Å². The maximum atomic E-state index is 10.5. The van der Waals surface area contributed by atoms with Crippen LogP contribution in [-0.2, 0) is 0 Å². The first-order valence-corrected chi connectivity index (χ1v) is 5.78. The van der Waals surface area contributed by atoms with Crippen LogP contribution in [0.1, 0.15) is 20.7 Å². The minimum absolute atomic E-state index is 0.379. The van der Waals surface area contributed by atoms with Crippen LogP contribution < -0.4 is 11.5 Å². The molecule has 5 heteroatoms. The quantitative estimate of drug-likeness (QED) is 0.881. The molecule has 0 spiro atoms. The Kier molecular flexibility index (Phi) is 5.57. The van der Waals surface area contributed by atoms with Crippen molar-refractivity contribution in [3.05, 3.63) is 70.7 Å². The van der Waals surface area contributed by atoms with Gasteiger partial charge in [0.05, 0.1) is 0 Å². The van der Waals surface area contributed by atoms with E-state index in [4.69, 9.17) is 23.1 Å². The average Bonchev–Trinajstić information content (AvgIpc) is 2.41. The number of nitrogens with two attached hydrogens (primary N) is 2. The molecule has 0 radical (unpaired) electrons. The highest BCUT2D eigenvalue weighted by molar-refractivity contribution is 6.30. The van der Waals surface area contributed by atoms with Crippen LogP contribution in [0.15, 0.2) is 54.6 Å². The van der Waals surface area contributed by atoms with E-state index in [1.807, 2.05) is 6.07 Å². The van der Waals surface area contributed by atoms with Gasteiger partial charge in [-0.25, -0.2) is 0 Å². The van der Waals surface area contributed by atoms with E-state index in [1.54, 1.807) is 48.5 Å². The van der Waals surface area contributed by atoms with E-state index in [1.165, 1.54) is 0 Å². The molecule has 0 bridgehead atoms. The van der Waals surface area contributed by atoms with Crippen LogP contribution in [0.4, 0.5) is 0 Å². The van der Waals surface area contributed by atoms with Crippen LogP contribution >= 0.6 is 11.6 Å². The van der Waals surface area contributed by atoms with Gasteiger partial charge < -0.3 is 11.5 Å². The Bertz CT molecular complexity index is 553. The van der Waals surface area contributed by atoms with Crippen molar-refractivity contribution in [2.75, 3.05) is 0 Å². The van der Waals surface area contributed by atoms with Crippen LogP contribution in [-0.4, -0.2) is 11.8 Å². The SMILES string of the molecule is NC(=O)c1ccc(Cl)cc1.NC(=O)c1ccccc1. The fourth-order valence-corrected chi connectivity index (χ4v) is 1.34. The van der Waals surface area contributed by atoms with Crippen LogP contribution in [0.3, 0.4) is 0 Å². The molecule has 0 fully saturated rings. The third kappa shape index (κ3) is 5.23. The molecule has 0 aliphatic carbocycles. The van der Waals surface area contributed by atoms with E-state index >= 15 is 0 Å². The Hall–Kier alpha value is -2.33. The van der Waals surface area contributed by atoms with Gasteiger partial charge in [0.15, 0.2) is 0 Å². The van der Waals surface area contributed by atoms with Gasteiger partial charge in [-0.15, -0.1) is 0 Å². The Morgan fingerprint density at radius 1 is 0.737 bits per heavy atom. The normalized spacial score (nSPS) is 9.11. The van der Waals surface area contributed by atoms with Gasteiger partial charge >= 0.3 is 0 Å². The van der Waals surface area contributed by atoms with Gasteiger partial charge in [-0.2, -0.15) is 0 Å². The van der Waals surface area contributed by atoms with Gasteiger partial charge in [0.2, 0.25) is 11.8 Å². The molecule has 2 amide bonds. The monoisotopic (exact) mass is 276 g/mol. The number of hydrogen-bond donors (Lipinski definition) is 2. The smallest absolute Gasteiger partial charge is 0.248 e. The first-order valence-electron chi connectivity index (χ1n) is 5.41. The summed E-state index contributed by atoms with van der Waals surface area (Å²) in [5.41, 5.74) is 11.0. The topological polar surface area (TPSA) is 86.2 Å². The molecule has 4 nitrogen and oxygen atoms in total. The Balaban J connectivity index is 0.000000191. The molecule has 0 saturated carbocycles. The van der Waals surface area contributed by atoms with E-state index in [0.717, 1.165) is 0 Å². The highest BCUT2D eigenvalue weighted by Gasteiger charge is 1.96. The number of carbonyl (C=O) groups is 2. The molecule has 0 aliphatic rings. The van der Waals surface area contributed by atoms with Gasteiger partial charge in [-0.3, -0.25) is 9.59 Å². The molecule has 0 atom stereocenters. The lowest BCUT2D eigenvalue weighted by atomic mass is 10.2. The summed E-state index contributed by atoms with van der Waals surface area (Å²) in [6.45, 7) is 0. The minimum Gasteiger partial charge on any atom is -0.366 e. The van der Waals surface area contributed by atoms with Gasteiger partial charge in [-0.1, -0.05) is 29.8 Å². The Labute approximate surface area is 116 Å². The second kappa shape index (κ2) is 7.18. The minimum atomic E-state index is -0.434. The largest absolute Gasteiger partial charge is 0.366 e. The number of amides is 2. The van der Waals surface area contributed by atoms with Crippen molar-refractivity contribution in [1.29, 1.82) is 0 Å². The third-order valence-electron chi connectivity index (χ3n) is 2.19. The summed E-state index contributed by atoms with van der Waals surface area (Å²) in [6, 6.07) is 15.2. The molecule has 2 aromatic carbocycles. The zero-order chi connectivity index (χ0) is 14.3. The van der Waals surface area contributed by atoms with Crippen LogP contribution in [0, 0.1) is 0 Å². The second-order valence-corrected chi connectivity index (χ2v) is 4.04. The van der Waals surface area contributed by atoms with Crippen molar-refractivity contribution in [2.45, 2.75) is 0 Å². The first-order chi connectivity index (χ1) is 9.00. The molecule has 2 aromatic rings. The fraction of sp³-hybridized carbons (Fsp3) is 0. The predicted molar refractivity (Wildman–Crippen MR) is 74.9 cm³/mol. The average molecular weight is 277 g/mol. The molecule has 0 saturated heterocycles. The number of rotatable bonds is 2. The lowest BCUT2D eigenvalue weighted by molar-refractivity contribution is 0.0992. The fourth-order valence-electron chi connectivity index (χ4n) is 1.22. The summed E-state index contributed by atoms with van der Waals surface area (Å²) >= 11 is 5.56. The molecule has 0 aromatic heterocycles. The molecular weight excluding hydrogens is 264 g/mol. The van der Waals surface area contributed by atoms with Gasteiger partial charge in [0, 0.05) is 16.1 Å². The van der Waals surface area contributed by atoms with Crippen molar-refractivity contribution in [1.82, 2.24) is 0 Å².